The number of fused-ring (bicyclic) bond motifs is 3. The van der Waals surface area contributed by atoms with Gasteiger partial charge in [0, 0.05) is 18.7 Å². The molecule has 4 rings (SSSR count). The van der Waals surface area contributed by atoms with E-state index in [-0.39, 0.29) is 48.0 Å². The largest absolute Gasteiger partial charge is 0.435 e. The highest BCUT2D eigenvalue weighted by Crippen LogP contribution is 2.57. The summed E-state index contributed by atoms with van der Waals surface area (Å²) < 4.78 is 135. The molecule has 0 spiro atoms. The van der Waals surface area contributed by atoms with Crippen molar-refractivity contribution in [1.29, 1.82) is 0 Å². The van der Waals surface area contributed by atoms with Crippen LogP contribution in [0.5, 0.6) is 0 Å². The molecular weight excluding hydrogens is 588 g/mol. The van der Waals surface area contributed by atoms with Crippen LogP contribution in [-0.4, -0.2) is 61.5 Å². The Hall–Kier alpha value is -2.94. The van der Waals surface area contributed by atoms with Crippen LogP contribution >= 0.6 is 0 Å². The zero-order chi connectivity index (χ0) is 30.8. The molecule has 0 radical (unpaired) electrons. The summed E-state index contributed by atoms with van der Waals surface area (Å²) in [5, 5.41) is 12.4. The molecule has 0 saturated carbocycles. The Balaban J connectivity index is 1.84. The first kappa shape index (κ1) is 31.0. The number of likely N-dealkylation sites (tertiary alicyclic amines) is 1. The third kappa shape index (κ3) is 4.94. The molecular formula is C26H26F8N2O4S. The molecule has 2 unspecified atom stereocenters. The van der Waals surface area contributed by atoms with Crippen molar-refractivity contribution in [2.75, 3.05) is 13.1 Å². The topological polar surface area (TPSA) is 86.7 Å². The van der Waals surface area contributed by atoms with Crippen LogP contribution in [0.3, 0.4) is 0 Å². The molecule has 1 aliphatic carbocycles. The summed E-state index contributed by atoms with van der Waals surface area (Å²) in [4.78, 5) is 13.8. The number of rotatable bonds is 6. The second-order valence-electron chi connectivity index (χ2n) is 10.8. The number of hydrogen-bond donors (Lipinski definition) is 2. The van der Waals surface area contributed by atoms with Crippen LogP contribution in [0, 0.1) is 5.82 Å². The Labute approximate surface area is 230 Å². The van der Waals surface area contributed by atoms with Crippen LogP contribution in [-0.2, 0) is 26.7 Å². The molecule has 2 aromatic rings. The van der Waals surface area contributed by atoms with Gasteiger partial charge in [-0.3, -0.25) is 0 Å². The third-order valence-corrected chi connectivity index (χ3v) is 10.2. The van der Waals surface area contributed by atoms with Crippen molar-refractivity contribution in [3.63, 3.8) is 0 Å². The van der Waals surface area contributed by atoms with Gasteiger partial charge >= 0.3 is 24.1 Å². The van der Waals surface area contributed by atoms with Crippen molar-refractivity contribution in [1.82, 2.24) is 10.2 Å². The summed E-state index contributed by atoms with van der Waals surface area (Å²) in [6, 6.07) is 2.95. The molecule has 2 atom stereocenters. The standard InChI is InChI=1S/C26H26F8N2O4S/c1-22(2,38)9-11-35-21(37)36-12-10-23(41(39,40)18-6-4-17(27)5-7-18)19-8-3-16(13-15(19)14-20(23)36)24(28,25(29,30)31)26(32,33)34/h3-8,13,20,38H,9-12,14H2,1-2H3,(H,35,37). The molecule has 0 aromatic heterocycles. The van der Waals surface area contributed by atoms with Gasteiger partial charge in [-0.1, -0.05) is 18.2 Å². The number of nitrogens with zero attached hydrogens (tertiary/aromatic N) is 1. The Bertz CT molecular complexity index is 1420. The van der Waals surface area contributed by atoms with Gasteiger partial charge < -0.3 is 15.3 Å². The highest BCUT2D eigenvalue weighted by atomic mass is 32.2. The van der Waals surface area contributed by atoms with Crippen molar-refractivity contribution in [3.05, 3.63) is 65.0 Å². The highest BCUT2D eigenvalue weighted by molar-refractivity contribution is 7.92. The smallest absolute Gasteiger partial charge is 0.390 e. The van der Waals surface area contributed by atoms with Crippen LogP contribution in [0.1, 0.15) is 43.4 Å². The number of amides is 2. The summed E-state index contributed by atoms with van der Waals surface area (Å²) in [6.07, 6.45) is -13.4. The van der Waals surface area contributed by atoms with Crippen LogP contribution < -0.4 is 5.32 Å². The Morgan fingerprint density at radius 2 is 1.61 bits per heavy atom. The van der Waals surface area contributed by atoms with Crippen molar-refractivity contribution in [2.24, 2.45) is 0 Å². The lowest BCUT2D eigenvalue weighted by molar-refractivity contribution is -0.348. The molecule has 2 amide bonds. The fourth-order valence-electron chi connectivity index (χ4n) is 5.64. The van der Waals surface area contributed by atoms with E-state index < -0.39 is 68.1 Å². The van der Waals surface area contributed by atoms with E-state index in [4.69, 9.17) is 0 Å². The van der Waals surface area contributed by atoms with E-state index in [1.54, 1.807) is 0 Å². The second kappa shape index (κ2) is 9.82. The van der Waals surface area contributed by atoms with Gasteiger partial charge in [-0.15, -0.1) is 0 Å². The van der Waals surface area contributed by atoms with E-state index in [9.17, 15) is 53.4 Å². The molecule has 226 valence electrons. The minimum Gasteiger partial charge on any atom is -0.390 e. The number of aliphatic hydroxyl groups is 1. The average Bonchev–Trinajstić information content (AvgIpc) is 3.37. The maximum Gasteiger partial charge on any atom is 0.435 e. The first-order chi connectivity index (χ1) is 18.7. The van der Waals surface area contributed by atoms with Gasteiger partial charge in [0.15, 0.2) is 9.84 Å². The predicted molar refractivity (Wildman–Crippen MR) is 130 cm³/mol. The summed E-state index contributed by atoms with van der Waals surface area (Å²) in [6.45, 7) is 2.81. The summed E-state index contributed by atoms with van der Waals surface area (Å²) in [7, 11) is -4.55. The van der Waals surface area contributed by atoms with E-state index in [0.717, 1.165) is 35.2 Å². The molecule has 2 N–H and O–H groups in total. The molecule has 15 heteroatoms. The Morgan fingerprint density at radius 1 is 1.02 bits per heavy atom. The molecule has 0 bridgehead atoms. The lowest BCUT2D eigenvalue weighted by Crippen LogP contribution is -2.50. The zero-order valence-corrected chi connectivity index (χ0v) is 22.5. The number of halogens is 8. The summed E-state index contributed by atoms with van der Waals surface area (Å²) >= 11 is 0. The molecule has 6 nitrogen and oxygen atoms in total. The number of carbonyl (C=O) groups is 1. The number of benzene rings is 2. The maximum absolute atomic E-state index is 14.9. The number of alkyl halides is 7. The normalized spacial score (nSPS) is 21.5. The van der Waals surface area contributed by atoms with Crippen LogP contribution in [0.4, 0.5) is 39.9 Å². The molecule has 1 heterocycles. The lowest BCUT2D eigenvalue weighted by Gasteiger charge is -2.33. The number of hydrogen-bond acceptors (Lipinski definition) is 4. The van der Waals surface area contributed by atoms with Crippen LogP contribution in [0.15, 0.2) is 47.4 Å². The maximum atomic E-state index is 14.9. The molecule has 1 saturated heterocycles. The van der Waals surface area contributed by atoms with Crippen molar-refractivity contribution >= 4 is 15.9 Å². The molecule has 1 aliphatic heterocycles. The van der Waals surface area contributed by atoms with Crippen molar-refractivity contribution in [2.45, 2.75) is 72.4 Å². The van der Waals surface area contributed by atoms with E-state index in [1.807, 2.05) is 0 Å². The van der Waals surface area contributed by atoms with Gasteiger partial charge in [0.2, 0.25) is 0 Å². The first-order valence-electron chi connectivity index (χ1n) is 12.4. The lowest BCUT2D eigenvalue weighted by atomic mass is 9.90. The van der Waals surface area contributed by atoms with Gasteiger partial charge in [-0.2, -0.15) is 26.3 Å². The van der Waals surface area contributed by atoms with Crippen molar-refractivity contribution in [3.8, 4) is 0 Å². The second-order valence-corrected chi connectivity index (χ2v) is 13.0. The quantitative estimate of drug-likeness (QED) is 0.343. The summed E-state index contributed by atoms with van der Waals surface area (Å²) in [5.41, 5.74) is -9.13. The first-order valence-corrected chi connectivity index (χ1v) is 13.9. The van der Waals surface area contributed by atoms with Crippen LogP contribution in [0.25, 0.3) is 0 Å². The fourth-order valence-corrected chi connectivity index (χ4v) is 7.97. The average molecular weight is 615 g/mol. The van der Waals surface area contributed by atoms with Crippen molar-refractivity contribution < 1.29 is 53.4 Å². The number of carbonyl (C=O) groups excluding carboxylic acids is 1. The minimum absolute atomic E-state index is 0.0259. The van der Waals surface area contributed by atoms with E-state index in [1.165, 1.54) is 13.8 Å². The molecule has 2 aromatic carbocycles. The van der Waals surface area contributed by atoms with Crippen LogP contribution in [0.2, 0.25) is 0 Å². The number of sulfone groups is 1. The van der Waals surface area contributed by atoms with E-state index in [0.29, 0.717) is 6.07 Å². The monoisotopic (exact) mass is 614 g/mol. The van der Waals surface area contributed by atoms with Gasteiger partial charge in [0.25, 0.3) is 0 Å². The highest BCUT2D eigenvalue weighted by Gasteiger charge is 2.74. The molecule has 41 heavy (non-hydrogen) atoms. The Kier molecular flexibility index (Phi) is 7.42. The Morgan fingerprint density at radius 3 is 2.15 bits per heavy atom. The fraction of sp³-hybridized carbons (Fsp3) is 0.500. The van der Waals surface area contributed by atoms with E-state index in [2.05, 4.69) is 5.32 Å². The van der Waals surface area contributed by atoms with E-state index >= 15 is 0 Å². The van der Waals surface area contributed by atoms with Gasteiger partial charge in [0.1, 0.15) is 10.6 Å². The predicted octanol–water partition coefficient (Wildman–Crippen LogP) is 5.29. The number of urea groups is 1. The number of nitrogens with one attached hydrogen (secondary N) is 1. The summed E-state index contributed by atoms with van der Waals surface area (Å²) in [5.74, 6) is -0.757. The molecule has 1 fully saturated rings. The van der Waals surface area contributed by atoms with Gasteiger partial charge in [-0.05, 0) is 68.5 Å². The van der Waals surface area contributed by atoms with Gasteiger partial charge in [-0.25, -0.2) is 22.0 Å². The minimum atomic E-state index is -6.38. The third-order valence-electron chi connectivity index (χ3n) is 7.67. The SMILES string of the molecule is CC(C)(O)CCNC(=O)N1CCC2(S(=O)(=O)c3ccc(F)cc3)c3ccc(C(F)(C(F)(F)F)C(F)(F)F)cc3CC12. The zero-order valence-electron chi connectivity index (χ0n) is 21.7. The molecule has 2 aliphatic rings. The van der Waals surface area contributed by atoms with Gasteiger partial charge in [0.05, 0.1) is 16.5 Å².